The Balaban J connectivity index is 1.72. The molecule has 5 nitrogen and oxygen atoms in total. The molecule has 152 valence electrons. The minimum atomic E-state index is -1.02. The topological polar surface area (TPSA) is 50.2 Å². The van der Waals surface area contributed by atoms with Crippen LogP contribution in [0, 0.1) is 23.4 Å². The average molecular weight is 394 g/mol. The number of nitrogens with one attached hydrogen (secondary N) is 1. The van der Waals surface area contributed by atoms with Crippen LogP contribution in [0.25, 0.3) is 5.69 Å². The number of hydrogen-bond donors (Lipinski definition) is 1. The molecule has 0 bridgehead atoms. The summed E-state index contributed by atoms with van der Waals surface area (Å²) in [6, 6.07) is 2.63. The van der Waals surface area contributed by atoms with Crippen molar-refractivity contribution in [3.63, 3.8) is 0 Å². The van der Waals surface area contributed by atoms with Crippen molar-refractivity contribution in [2.75, 3.05) is 13.1 Å². The standard InChI is InChI=1S/C20H25F3N4O/c1-13(2)18(24-20(28)26-7-4-3-5-8-26)12-15-6-9-27(25-15)19-16(22)10-14(21)11-17(19)23/h6,9-11,13,18H,3-5,7-8,12H2,1-2H3,(H,24,28). The summed E-state index contributed by atoms with van der Waals surface area (Å²) in [7, 11) is 0. The Morgan fingerprint density at radius 1 is 1.14 bits per heavy atom. The van der Waals surface area contributed by atoms with Crippen LogP contribution >= 0.6 is 0 Å². The lowest BCUT2D eigenvalue weighted by Crippen LogP contribution is -2.49. The van der Waals surface area contributed by atoms with E-state index in [0.717, 1.165) is 37.0 Å². The van der Waals surface area contributed by atoms with Crippen molar-refractivity contribution in [1.29, 1.82) is 0 Å². The Bertz CT molecular complexity index is 808. The smallest absolute Gasteiger partial charge is 0.317 e. The number of carbonyl (C=O) groups excluding carboxylic acids is 1. The summed E-state index contributed by atoms with van der Waals surface area (Å²) < 4.78 is 42.1. The first-order valence-corrected chi connectivity index (χ1v) is 9.60. The molecule has 0 radical (unpaired) electrons. The quantitative estimate of drug-likeness (QED) is 0.832. The first-order chi connectivity index (χ1) is 13.3. The van der Waals surface area contributed by atoms with Crippen molar-refractivity contribution in [1.82, 2.24) is 20.0 Å². The fraction of sp³-hybridized carbons (Fsp3) is 0.500. The fourth-order valence-corrected chi connectivity index (χ4v) is 3.37. The molecule has 8 heteroatoms. The minimum absolute atomic E-state index is 0.0894. The number of carbonyl (C=O) groups is 1. The second-order valence-electron chi connectivity index (χ2n) is 7.52. The Hall–Kier alpha value is -2.51. The van der Waals surface area contributed by atoms with E-state index < -0.39 is 23.1 Å². The van der Waals surface area contributed by atoms with Gasteiger partial charge in [0.15, 0.2) is 11.6 Å². The molecule has 1 fully saturated rings. The number of benzene rings is 1. The molecule has 0 spiro atoms. The maximum atomic E-state index is 14.0. The molecule has 2 heterocycles. The number of likely N-dealkylation sites (tertiary alicyclic amines) is 1. The third-order valence-corrected chi connectivity index (χ3v) is 5.04. The number of piperidine rings is 1. The highest BCUT2D eigenvalue weighted by atomic mass is 19.1. The maximum absolute atomic E-state index is 14.0. The molecule has 1 aromatic heterocycles. The molecule has 1 atom stereocenters. The van der Waals surface area contributed by atoms with E-state index in [1.807, 2.05) is 18.7 Å². The van der Waals surface area contributed by atoms with Crippen LogP contribution in [0.3, 0.4) is 0 Å². The second-order valence-corrected chi connectivity index (χ2v) is 7.52. The maximum Gasteiger partial charge on any atom is 0.317 e. The summed E-state index contributed by atoms with van der Waals surface area (Å²) in [6.45, 7) is 5.51. The van der Waals surface area contributed by atoms with Crippen LogP contribution in [0.4, 0.5) is 18.0 Å². The number of hydrogen-bond acceptors (Lipinski definition) is 2. The van der Waals surface area contributed by atoms with E-state index in [9.17, 15) is 18.0 Å². The molecule has 1 aromatic carbocycles. The van der Waals surface area contributed by atoms with E-state index in [4.69, 9.17) is 0 Å². The summed E-state index contributed by atoms with van der Waals surface area (Å²) in [5.41, 5.74) is 0.159. The Morgan fingerprint density at radius 3 is 2.39 bits per heavy atom. The highest BCUT2D eigenvalue weighted by Gasteiger charge is 2.23. The summed E-state index contributed by atoms with van der Waals surface area (Å²) in [6.07, 6.45) is 5.02. The summed E-state index contributed by atoms with van der Waals surface area (Å²) in [5, 5.41) is 7.28. The van der Waals surface area contributed by atoms with Gasteiger partial charge in [0.25, 0.3) is 0 Å². The zero-order valence-electron chi connectivity index (χ0n) is 16.1. The first kappa shape index (κ1) is 20.2. The molecule has 0 aliphatic carbocycles. The normalized spacial score (nSPS) is 15.7. The van der Waals surface area contributed by atoms with E-state index in [1.54, 1.807) is 6.07 Å². The van der Waals surface area contributed by atoms with Crippen molar-refractivity contribution >= 4 is 6.03 Å². The molecule has 3 rings (SSSR count). The molecule has 1 unspecified atom stereocenters. The van der Waals surface area contributed by atoms with Crippen molar-refractivity contribution in [2.24, 2.45) is 5.92 Å². The largest absolute Gasteiger partial charge is 0.335 e. The average Bonchev–Trinajstić information content (AvgIpc) is 3.09. The highest BCUT2D eigenvalue weighted by Crippen LogP contribution is 2.20. The molecule has 1 aliphatic heterocycles. The molecular formula is C20H25F3N4O. The number of amides is 2. The zero-order chi connectivity index (χ0) is 20.3. The minimum Gasteiger partial charge on any atom is -0.335 e. The number of nitrogens with zero attached hydrogens (tertiary/aromatic N) is 3. The molecule has 1 aliphatic rings. The van der Waals surface area contributed by atoms with E-state index >= 15 is 0 Å². The number of halogens is 3. The zero-order valence-corrected chi connectivity index (χ0v) is 16.1. The molecule has 2 aromatic rings. The van der Waals surface area contributed by atoms with E-state index in [-0.39, 0.29) is 18.0 Å². The molecule has 1 saturated heterocycles. The molecule has 28 heavy (non-hydrogen) atoms. The number of urea groups is 1. The van der Waals surface area contributed by atoms with Gasteiger partial charge in [-0.3, -0.25) is 0 Å². The van der Waals surface area contributed by atoms with Crippen LogP contribution in [0.15, 0.2) is 24.4 Å². The highest BCUT2D eigenvalue weighted by molar-refractivity contribution is 5.74. The van der Waals surface area contributed by atoms with E-state index in [2.05, 4.69) is 10.4 Å². The lowest BCUT2D eigenvalue weighted by molar-refractivity contribution is 0.179. The lowest BCUT2D eigenvalue weighted by Gasteiger charge is -2.30. The predicted octanol–water partition coefficient (Wildman–Crippen LogP) is 4.05. The number of aromatic nitrogens is 2. The van der Waals surface area contributed by atoms with Crippen LogP contribution in [-0.2, 0) is 6.42 Å². The lowest BCUT2D eigenvalue weighted by atomic mass is 9.99. The molecule has 0 saturated carbocycles. The summed E-state index contributed by atoms with van der Waals surface area (Å²) in [4.78, 5) is 14.3. The monoisotopic (exact) mass is 394 g/mol. The van der Waals surface area contributed by atoms with Crippen LogP contribution in [-0.4, -0.2) is 39.8 Å². The first-order valence-electron chi connectivity index (χ1n) is 9.60. The van der Waals surface area contributed by atoms with Crippen LogP contribution < -0.4 is 5.32 Å². The van der Waals surface area contributed by atoms with Gasteiger partial charge in [-0.25, -0.2) is 22.6 Å². The summed E-state index contributed by atoms with van der Waals surface area (Å²) in [5.74, 6) is -2.87. The third kappa shape index (κ3) is 4.66. The van der Waals surface area contributed by atoms with Gasteiger partial charge in [0.05, 0.1) is 5.69 Å². The Morgan fingerprint density at radius 2 is 1.79 bits per heavy atom. The molecular weight excluding hydrogens is 369 g/mol. The molecule has 1 N–H and O–H groups in total. The van der Waals surface area contributed by atoms with Crippen molar-refractivity contribution in [3.8, 4) is 5.69 Å². The van der Waals surface area contributed by atoms with Gasteiger partial charge < -0.3 is 10.2 Å². The van der Waals surface area contributed by atoms with Gasteiger partial charge in [0, 0.05) is 43.9 Å². The van der Waals surface area contributed by atoms with Gasteiger partial charge >= 0.3 is 6.03 Å². The Labute approximate surface area is 162 Å². The van der Waals surface area contributed by atoms with Gasteiger partial charge in [-0.1, -0.05) is 13.8 Å². The van der Waals surface area contributed by atoms with Crippen molar-refractivity contribution in [3.05, 3.63) is 47.5 Å². The van der Waals surface area contributed by atoms with Crippen LogP contribution in [0.1, 0.15) is 38.8 Å². The fourth-order valence-electron chi connectivity index (χ4n) is 3.37. The van der Waals surface area contributed by atoms with Crippen molar-refractivity contribution in [2.45, 2.75) is 45.6 Å². The van der Waals surface area contributed by atoms with Gasteiger partial charge in [-0.05, 0) is 31.2 Å². The third-order valence-electron chi connectivity index (χ3n) is 5.04. The summed E-state index contributed by atoms with van der Waals surface area (Å²) >= 11 is 0. The van der Waals surface area contributed by atoms with Gasteiger partial charge in [-0.15, -0.1) is 0 Å². The Kier molecular flexibility index (Phi) is 6.26. The van der Waals surface area contributed by atoms with Crippen LogP contribution in [0.5, 0.6) is 0 Å². The second kappa shape index (κ2) is 8.67. The number of rotatable bonds is 5. The van der Waals surface area contributed by atoms with Gasteiger partial charge in [0.2, 0.25) is 0 Å². The van der Waals surface area contributed by atoms with E-state index in [0.29, 0.717) is 24.2 Å². The van der Waals surface area contributed by atoms with E-state index in [1.165, 1.54) is 6.20 Å². The SMILES string of the molecule is CC(C)C(Cc1ccn(-c2c(F)cc(F)cc2F)n1)NC(=O)N1CCCCC1. The van der Waals surface area contributed by atoms with Crippen LogP contribution in [0.2, 0.25) is 0 Å². The van der Waals surface area contributed by atoms with Gasteiger partial charge in [-0.2, -0.15) is 5.10 Å². The van der Waals surface area contributed by atoms with Gasteiger partial charge in [0.1, 0.15) is 11.5 Å². The molecule has 2 amide bonds. The predicted molar refractivity (Wildman–Crippen MR) is 99.7 cm³/mol. The van der Waals surface area contributed by atoms with Crippen molar-refractivity contribution < 1.29 is 18.0 Å².